The van der Waals surface area contributed by atoms with Crippen LogP contribution in [-0.4, -0.2) is 41.2 Å². The fraction of sp³-hybridized carbons (Fsp3) is 0.250. The van der Waals surface area contributed by atoms with Gasteiger partial charge in [-0.05, 0) is 30.2 Å². The first-order valence-electron chi connectivity index (χ1n) is 8.49. The van der Waals surface area contributed by atoms with Gasteiger partial charge in [-0.25, -0.2) is 4.79 Å². The van der Waals surface area contributed by atoms with Gasteiger partial charge < -0.3 is 10.2 Å². The molecule has 1 atom stereocenters. The largest absolute Gasteiger partial charge is 0.340 e. The lowest BCUT2D eigenvalue weighted by atomic mass is 9.92. The van der Waals surface area contributed by atoms with E-state index in [9.17, 15) is 14.4 Å². The SMILES string of the molecule is CN(Cc1ccccc1)C(=O)CN1C(=O)N[C@](C)(c2ccc(Cl)cc2)C1=O. The highest BCUT2D eigenvalue weighted by molar-refractivity contribution is 6.30. The van der Waals surface area contributed by atoms with Crippen molar-refractivity contribution in [3.8, 4) is 0 Å². The summed E-state index contributed by atoms with van der Waals surface area (Å²) in [5.41, 5.74) is 0.356. The van der Waals surface area contributed by atoms with Crippen LogP contribution < -0.4 is 5.32 Å². The van der Waals surface area contributed by atoms with Crippen molar-refractivity contribution in [3.63, 3.8) is 0 Å². The van der Waals surface area contributed by atoms with Crippen LogP contribution in [0.1, 0.15) is 18.1 Å². The first-order chi connectivity index (χ1) is 12.8. The molecule has 0 radical (unpaired) electrons. The van der Waals surface area contributed by atoms with E-state index in [-0.39, 0.29) is 12.5 Å². The number of hydrogen-bond acceptors (Lipinski definition) is 3. The minimum Gasteiger partial charge on any atom is -0.340 e. The zero-order valence-corrected chi connectivity index (χ0v) is 15.9. The number of nitrogens with one attached hydrogen (secondary N) is 1. The topological polar surface area (TPSA) is 69.7 Å². The molecule has 2 aromatic carbocycles. The number of halogens is 1. The number of nitrogens with zero attached hydrogens (tertiary/aromatic N) is 2. The second kappa shape index (κ2) is 7.40. The van der Waals surface area contributed by atoms with Crippen molar-refractivity contribution in [2.24, 2.45) is 0 Å². The maximum Gasteiger partial charge on any atom is 0.325 e. The van der Waals surface area contributed by atoms with Gasteiger partial charge in [0.25, 0.3) is 5.91 Å². The lowest BCUT2D eigenvalue weighted by Crippen LogP contribution is -2.43. The maximum absolute atomic E-state index is 12.9. The van der Waals surface area contributed by atoms with Gasteiger partial charge in [-0.3, -0.25) is 14.5 Å². The fourth-order valence-electron chi connectivity index (χ4n) is 3.02. The standard InChI is InChI=1S/C20H20ClN3O3/c1-20(15-8-10-16(21)11-9-15)18(26)24(19(27)22-20)13-17(25)23(2)12-14-6-4-3-5-7-14/h3-11H,12-13H2,1-2H3,(H,22,27)/t20-/m1/s1. The zero-order valence-electron chi connectivity index (χ0n) is 15.1. The van der Waals surface area contributed by atoms with Gasteiger partial charge >= 0.3 is 6.03 Å². The van der Waals surface area contributed by atoms with Crippen molar-refractivity contribution < 1.29 is 14.4 Å². The van der Waals surface area contributed by atoms with Crippen molar-refractivity contribution in [1.29, 1.82) is 0 Å². The summed E-state index contributed by atoms with van der Waals surface area (Å²) in [5, 5.41) is 3.22. The lowest BCUT2D eigenvalue weighted by molar-refractivity contribution is -0.138. The second-order valence-corrected chi connectivity index (χ2v) is 7.13. The molecule has 0 unspecified atom stereocenters. The third-order valence-electron chi connectivity index (χ3n) is 4.68. The molecule has 2 aromatic rings. The molecule has 6 nitrogen and oxygen atoms in total. The number of carbonyl (C=O) groups is 3. The van der Waals surface area contributed by atoms with Crippen LogP contribution in [0.3, 0.4) is 0 Å². The summed E-state index contributed by atoms with van der Waals surface area (Å²) in [6.07, 6.45) is 0. The summed E-state index contributed by atoms with van der Waals surface area (Å²) in [7, 11) is 1.65. The van der Waals surface area contributed by atoms with Crippen LogP contribution in [0, 0.1) is 0 Å². The molecule has 3 rings (SSSR count). The number of hydrogen-bond donors (Lipinski definition) is 1. The molecule has 0 aromatic heterocycles. The van der Waals surface area contributed by atoms with E-state index in [1.165, 1.54) is 4.90 Å². The molecule has 1 fully saturated rings. The van der Waals surface area contributed by atoms with Crippen molar-refractivity contribution in [3.05, 3.63) is 70.7 Å². The highest BCUT2D eigenvalue weighted by Crippen LogP contribution is 2.29. The molecule has 1 heterocycles. The van der Waals surface area contributed by atoms with Crippen LogP contribution in [-0.2, 0) is 21.7 Å². The Hall–Kier alpha value is -2.86. The predicted molar refractivity (Wildman–Crippen MR) is 102 cm³/mol. The number of imide groups is 1. The van der Waals surface area contributed by atoms with E-state index in [0.717, 1.165) is 10.5 Å². The normalized spacial score (nSPS) is 19.1. The van der Waals surface area contributed by atoms with E-state index in [2.05, 4.69) is 5.32 Å². The highest BCUT2D eigenvalue weighted by atomic mass is 35.5. The van der Waals surface area contributed by atoms with Crippen LogP contribution in [0.15, 0.2) is 54.6 Å². The summed E-state index contributed by atoms with van der Waals surface area (Å²) < 4.78 is 0. The van der Waals surface area contributed by atoms with Gasteiger partial charge in [0.15, 0.2) is 0 Å². The Kier molecular flexibility index (Phi) is 5.19. The number of amides is 4. The van der Waals surface area contributed by atoms with Crippen molar-refractivity contribution in [2.45, 2.75) is 19.0 Å². The van der Waals surface area contributed by atoms with Crippen LogP contribution in [0.25, 0.3) is 0 Å². The number of urea groups is 1. The summed E-state index contributed by atoms with van der Waals surface area (Å²) in [6, 6.07) is 15.6. The van der Waals surface area contributed by atoms with Crippen molar-refractivity contribution in [2.75, 3.05) is 13.6 Å². The number of rotatable bonds is 5. The second-order valence-electron chi connectivity index (χ2n) is 6.69. The van der Waals surface area contributed by atoms with Gasteiger partial charge in [-0.2, -0.15) is 0 Å². The van der Waals surface area contributed by atoms with Gasteiger partial charge in [0, 0.05) is 18.6 Å². The molecular weight excluding hydrogens is 366 g/mol. The average Bonchev–Trinajstić information content (AvgIpc) is 2.87. The Morgan fingerprint density at radius 3 is 2.37 bits per heavy atom. The first kappa shape index (κ1) is 18.9. The fourth-order valence-corrected chi connectivity index (χ4v) is 3.15. The number of carbonyl (C=O) groups excluding carboxylic acids is 3. The van der Waals surface area contributed by atoms with Gasteiger partial charge in [0.05, 0.1) is 0 Å². The molecule has 4 amide bonds. The van der Waals surface area contributed by atoms with Crippen LogP contribution in [0.5, 0.6) is 0 Å². The molecule has 0 saturated carbocycles. The first-order valence-corrected chi connectivity index (χ1v) is 8.87. The van der Waals surface area contributed by atoms with Gasteiger partial charge in [-0.1, -0.05) is 54.1 Å². The maximum atomic E-state index is 12.9. The minimum atomic E-state index is -1.22. The minimum absolute atomic E-state index is 0.308. The zero-order chi connectivity index (χ0) is 19.6. The monoisotopic (exact) mass is 385 g/mol. The Bertz CT molecular complexity index is 870. The Morgan fingerprint density at radius 2 is 1.74 bits per heavy atom. The molecule has 27 heavy (non-hydrogen) atoms. The van der Waals surface area contributed by atoms with Crippen LogP contribution >= 0.6 is 11.6 Å². The summed E-state index contributed by atoms with van der Waals surface area (Å²) >= 11 is 5.89. The molecule has 0 bridgehead atoms. The summed E-state index contributed by atoms with van der Waals surface area (Å²) in [5.74, 6) is -0.779. The van der Waals surface area contributed by atoms with E-state index in [0.29, 0.717) is 17.1 Å². The molecule has 1 saturated heterocycles. The molecule has 1 N–H and O–H groups in total. The third kappa shape index (κ3) is 3.80. The van der Waals surface area contributed by atoms with E-state index in [1.54, 1.807) is 38.2 Å². The van der Waals surface area contributed by atoms with E-state index >= 15 is 0 Å². The molecule has 140 valence electrons. The van der Waals surface area contributed by atoms with E-state index < -0.39 is 17.5 Å². The molecule has 0 aliphatic carbocycles. The van der Waals surface area contributed by atoms with E-state index in [1.807, 2.05) is 30.3 Å². The molecule has 7 heteroatoms. The van der Waals surface area contributed by atoms with Crippen molar-refractivity contribution >= 4 is 29.4 Å². The quantitative estimate of drug-likeness (QED) is 0.804. The lowest BCUT2D eigenvalue weighted by Gasteiger charge is -2.23. The number of likely N-dealkylation sites (N-methyl/N-ethyl adjacent to an activating group) is 1. The Morgan fingerprint density at radius 1 is 1.11 bits per heavy atom. The molecule has 0 spiro atoms. The highest BCUT2D eigenvalue weighted by Gasteiger charge is 2.49. The van der Waals surface area contributed by atoms with Crippen LogP contribution in [0.2, 0.25) is 5.02 Å². The van der Waals surface area contributed by atoms with E-state index in [4.69, 9.17) is 11.6 Å². The number of benzene rings is 2. The summed E-state index contributed by atoms with van der Waals surface area (Å²) in [6.45, 7) is 1.71. The molecule has 1 aliphatic heterocycles. The molecular formula is C20H20ClN3O3. The van der Waals surface area contributed by atoms with Gasteiger partial charge in [0.2, 0.25) is 5.91 Å². The van der Waals surface area contributed by atoms with Gasteiger partial charge in [-0.15, -0.1) is 0 Å². The third-order valence-corrected chi connectivity index (χ3v) is 4.93. The molecule has 1 aliphatic rings. The Labute approximate surface area is 162 Å². The van der Waals surface area contributed by atoms with Crippen LogP contribution in [0.4, 0.5) is 4.79 Å². The predicted octanol–water partition coefficient (Wildman–Crippen LogP) is 2.77. The average molecular weight is 386 g/mol. The van der Waals surface area contributed by atoms with Crippen molar-refractivity contribution in [1.82, 2.24) is 15.1 Å². The summed E-state index contributed by atoms with van der Waals surface area (Å²) in [4.78, 5) is 40.2. The van der Waals surface area contributed by atoms with Gasteiger partial charge in [0.1, 0.15) is 12.1 Å². The smallest absolute Gasteiger partial charge is 0.325 e. The Balaban J connectivity index is 1.71.